The van der Waals surface area contributed by atoms with E-state index in [1.165, 1.54) is 25.7 Å². The zero-order valence-corrected chi connectivity index (χ0v) is 13.1. The number of pyridine rings is 1. The molecule has 0 amide bonds. The molecular formula is C16H26N4O. The standard InChI is InChI=1S/C16H26N4O/c1-3-17-16(20-14-9-5-6-10-14)19-12-13-8-7-11-18-15(13)21-4-2/h7-8,11,14H,3-6,9-10,12H2,1-2H3,(H2,17,19,20). The van der Waals surface area contributed by atoms with E-state index in [4.69, 9.17) is 4.74 Å². The number of aromatic nitrogens is 1. The van der Waals surface area contributed by atoms with Crippen molar-refractivity contribution in [2.75, 3.05) is 13.2 Å². The average Bonchev–Trinajstić information content (AvgIpc) is 3.00. The van der Waals surface area contributed by atoms with E-state index in [0.717, 1.165) is 18.1 Å². The largest absolute Gasteiger partial charge is 0.478 e. The second kappa shape index (κ2) is 8.49. The molecule has 1 fully saturated rings. The first-order valence-electron chi connectivity index (χ1n) is 7.95. The van der Waals surface area contributed by atoms with Crippen molar-refractivity contribution < 1.29 is 4.74 Å². The number of hydrogen-bond acceptors (Lipinski definition) is 3. The average molecular weight is 290 g/mol. The maximum Gasteiger partial charge on any atom is 0.218 e. The van der Waals surface area contributed by atoms with Crippen LogP contribution in [0.1, 0.15) is 45.1 Å². The molecule has 0 aromatic carbocycles. The normalized spacial score (nSPS) is 16.0. The molecule has 0 atom stereocenters. The van der Waals surface area contributed by atoms with Crippen LogP contribution < -0.4 is 15.4 Å². The van der Waals surface area contributed by atoms with Crippen LogP contribution in [-0.4, -0.2) is 30.1 Å². The molecule has 1 aliphatic carbocycles. The van der Waals surface area contributed by atoms with E-state index < -0.39 is 0 Å². The minimum atomic E-state index is 0.558. The van der Waals surface area contributed by atoms with Gasteiger partial charge < -0.3 is 15.4 Å². The van der Waals surface area contributed by atoms with Crippen molar-refractivity contribution in [1.82, 2.24) is 15.6 Å². The molecule has 0 saturated heterocycles. The van der Waals surface area contributed by atoms with Gasteiger partial charge in [0.2, 0.25) is 5.88 Å². The van der Waals surface area contributed by atoms with Gasteiger partial charge >= 0.3 is 0 Å². The van der Waals surface area contributed by atoms with E-state index in [1.807, 2.05) is 19.1 Å². The van der Waals surface area contributed by atoms with E-state index in [2.05, 4.69) is 27.5 Å². The summed E-state index contributed by atoms with van der Waals surface area (Å²) in [6, 6.07) is 4.49. The number of rotatable bonds is 6. The van der Waals surface area contributed by atoms with Gasteiger partial charge in [0.15, 0.2) is 5.96 Å². The first kappa shape index (κ1) is 15.6. The minimum absolute atomic E-state index is 0.558. The van der Waals surface area contributed by atoms with Gasteiger partial charge in [-0.25, -0.2) is 9.98 Å². The van der Waals surface area contributed by atoms with Gasteiger partial charge in [0.05, 0.1) is 13.2 Å². The summed E-state index contributed by atoms with van der Waals surface area (Å²) in [5.41, 5.74) is 1.02. The summed E-state index contributed by atoms with van der Waals surface area (Å²) in [6.07, 6.45) is 6.85. The fourth-order valence-electron chi connectivity index (χ4n) is 2.56. The van der Waals surface area contributed by atoms with Crippen molar-refractivity contribution in [3.63, 3.8) is 0 Å². The van der Waals surface area contributed by atoms with E-state index in [-0.39, 0.29) is 0 Å². The third-order valence-electron chi connectivity index (χ3n) is 3.58. The molecule has 2 N–H and O–H groups in total. The SMILES string of the molecule is CCNC(=NCc1cccnc1OCC)NC1CCCC1. The van der Waals surface area contributed by atoms with Gasteiger partial charge in [0.25, 0.3) is 0 Å². The number of nitrogens with one attached hydrogen (secondary N) is 2. The van der Waals surface area contributed by atoms with Crippen LogP contribution in [0.5, 0.6) is 5.88 Å². The Labute approximate surface area is 127 Å². The van der Waals surface area contributed by atoms with Crippen LogP contribution in [0, 0.1) is 0 Å². The maximum atomic E-state index is 5.54. The van der Waals surface area contributed by atoms with Gasteiger partial charge in [0, 0.05) is 24.3 Å². The first-order chi connectivity index (χ1) is 10.3. The highest BCUT2D eigenvalue weighted by atomic mass is 16.5. The predicted molar refractivity (Wildman–Crippen MR) is 85.6 cm³/mol. The molecule has 0 unspecified atom stereocenters. The van der Waals surface area contributed by atoms with Crippen LogP contribution in [0.15, 0.2) is 23.3 Å². The molecule has 0 bridgehead atoms. The second-order valence-corrected chi connectivity index (χ2v) is 5.22. The molecule has 5 heteroatoms. The fraction of sp³-hybridized carbons (Fsp3) is 0.625. The molecule has 21 heavy (non-hydrogen) atoms. The molecular weight excluding hydrogens is 264 g/mol. The predicted octanol–water partition coefficient (Wildman–Crippen LogP) is 2.48. The third-order valence-corrected chi connectivity index (χ3v) is 3.58. The summed E-state index contributed by atoms with van der Waals surface area (Å²) in [6.45, 7) is 6.11. The number of nitrogens with zero attached hydrogens (tertiary/aromatic N) is 2. The molecule has 1 aromatic rings. The fourth-order valence-corrected chi connectivity index (χ4v) is 2.56. The number of guanidine groups is 1. The monoisotopic (exact) mass is 290 g/mol. The lowest BCUT2D eigenvalue weighted by molar-refractivity contribution is 0.323. The highest BCUT2D eigenvalue weighted by Gasteiger charge is 2.15. The van der Waals surface area contributed by atoms with Crippen molar-refractivity contribution in [3.8, 4) is 5.88 Å². The molecule has 116 valence electrons. The van der Waals surface area contributed by atoms with E-state index in [1.54, 1.807) is 6.20 Å². The lowest BCUT2D eigenvalue weighted by Crippen LogP contribution is -2.42. The topological polar surface area (TPSA) is 58.5 Å². The molecule has 2 rings (SSSR count). The van der Waals surface area contributed by atoms with Crippen LogP contribution >= 0.6 is 0 Å². The Kier molecular flexibility index (Phi) is 6.31. The minimum Gasteiger partial charge on any atom is -0.478 e. The molecule has 5 nitrogen and oxygen atoms in total. The summed E-state index contributed by atoms with van der Waals surface area (Å²) in [5, 5.41) is 6.83. The number of hydrogen-bond donors (Lipinski definition) is 2. The van der Waals surface area contributed by atoms with Crippen LogP contribution in [0.2, 0.25) is 0 Å². The number of aliphatic imine (C=N–C) groups is 1. The molecule has 1 saturated carbocycles. The van der Waals surface area contributed by atoms with Gasteiger partial charge in [-0.15, -0.1) is 0 Å². The highest BCUT2D eigenvalue weighted by Crippen LogP contribution is 2.18. The second-order valence-electron chi connectivity index (χ2n) is 5.22. The lowest BCUT2D eigenvalue weighted by atomic mass is 10.2. The highest BCUT2D eigenvalue weighted by molar-refractivity contribution is 5.80. The van der Waals surface area contributed by atoms with Crippen LogP contribution in [0.4, 0.5) is 0 Å². The van der Waals surface area contributed by atoms with Crippen molar-refractivity contribution in [3.05, 3.63) is 23.9 Å². The molecule has 1 aromatic heterocycles. The van der Waals surface area contributed by atoms with Gasteiger partial charge in [-0.2, -0.15) is 0 Å². The van der Waals surface area contributed by atoms with Crippen molar-refractivity contribution in [1.29, 1.82) is 0 Å². The lowest BCUT2D eigenvalue weighted by Gasteiger charge is -2.16. The van der Waals surface area contributed by atoms with E-state index in [9.17, 15) is 0 Å². The van der Waals surface area contributed by atoms with Gasteiger partial charge in [0.1, 0.15) is 0 Å². The smallest absolute Gasteiger partial charge is 0.218 e. The summed E-state index contributed by atoms with van der Waals surface area (Å²) >= 11 is 0. The Hall–Kier alpha value is -1.78. The molecule has 1 aliphatic rings. The summed E-state index contributed by atoms with van der Waals surface area (Å²) in [5.74, 6) is 1.57. The van der Waals surface area contributed by atoms with Crippen molar-refractivity contribution >= 4 is 5.96 Å². The van der Waals surface area contributed by atoms with Crippen LogP contribution in [0.3, 0.4) is 0 Å². The Balaban J connectivity index is 2.00. The molecule has 0 spiro atoms. The number of ether oxygens (including phenoxy) is 1. The quantitative estimate of drug-likeness (QED) is 0.624. The summed E-state index contributed by atoms with van der Waals surface area (Å²) < 4.78 is 5.54. The van der Waals surface area contributed by atoms with E-state index in [0.29, 0.717) is 25.1 Å². The van der Waals surface area contributed by atoms with Crippen molar-refractivity contribution in [2.45, 2.75) is 52.1 Å². The summed E-state index contributed by atoms with van der Waals surface area (Å²) in [4.78, 5) is 8.93. The maximum absolute atomic E-state index is 5.54. The molecule has 0 aliphatic heterocycles. The van der Waals surface area contributed by atoms with Crippen LogP contribution in [-0.2, 0) is 6.54 Å². The first-order valence-corrected chi connectivity index (χ1v) is 7.95. The summed E-state index contributed by atoms with van der Waals surface area (Å²) in [7, 11) is 0. The Morgan fingerprint density at radius 3 is 2.90 bits per heavy atom. The molecule has 1 heterocycles. The Morgan fingerprint density at radius 1 is 1.38 bits per heavy atom. The van der Waals surface area contributed by atoms with E-state index >= 15 is 0 Å². The third kappa shape index (κ3) is 4.92. The zero-order valence-electron chi connectivity index (χ0n) is 13.1. The van der Waals surface area contributed by atoms with Crippen LogP contribution in [0.25, 0.3) is 0 Å². The van der Waals surface area contributed by atoms with Gasteiger partial charge in [-0.05, 0) is 32.8 Å². The van der Waals surface area contributed by atoms with Gasteiger partial charge in [-0.1, -0.05) is 18.9 Å². The van der Waals surface area contributed by atoms with Crippen molar-refractivity contribution in [2.24, 2.45) is 4.99 Å². The Morgan fingerprint density at radius 2 is 2.19 bits per heavy atom. The zero-order chi connectivity index (χ0) is 14.9. The Bertz CT molecular complexity index is 455. The molecule has 0 radical (unpaired) electrons. The van der Waals surface area contributed by atoms with Gasteiger partial charge in [-0.3, -0.25) is 0 Å².